The number of rotatable bonds is 5. The number of halogens is 1. The monoisotopic (exact) mass is 251 g/mol. The second-order valence-corrected chi connectivity index (χ2v) is 3.84. The third kappa shape index (κ3) is 4.37. The second-order valence-electron chi connectivity index (χ2n) is 3.84. The summed E-state index contributed by atoms with van der Waals surface area (Å²) in [5.74, 6) is -2.50. The van der Waals surface area contributed by atoms with E-state index in [0.717, 1.165) is 0 Å². The Labute approximate surface area is 104 Å². The number of hydrogen-bond donors (Lipinski definition) is 2. The Bertz CT molecular complexity index is 471. The van der Waals surface area contributed by atoms with Gasteiger partial charge in [0.05, 0.1) is 5.92 Å². The van der Waals surface area contributed by atoms with Crippen molar-refractivity contribution in [2.45, 2.75) is 6.92 Å². The maximum Gasteiger partial charge on any atom is 0.308 e. The van der Waals surface area contributed by atoms with E-state index in [1.54, 1.807) is 18.2 Å². The van der Waals surface area contributed by atoms with Crippen molar-refractivity contribution in [1.29, 1.82) is 0 Å². The summed E-state index contributed by atoms with van der Waals surface area (Å²) in [6, 6.07) is 6.05. The van der Waals surface area contributed by atoms with Gasteiger partial charge in [0.25, 0.3) is 0 Å². The predicted octanol–water partition coefficient (Wildman–Crippen LogP) is 1.68. The Morgan fingerprint density at radius 3 is 2.72 bits per heavy atom. The second kappa shape index (κ2) is 6.54. The van der Waals surface area contributed by atoms with Crippen molar-refractivity contribution in [1.82, 2.24) is 5.32 Å². The predicted molar refractivity (Wildman–Crippen MR) is 65.2 cm³/mol. The number of amides is 1. The molecule has 0 fully saturated rings. The molecule has 0 aliphatic carbocycles. The van der Waals surface area contributed by atoms with Crippen molar-refractivity contribution in [3.05, 3.63) is 41.7 Å². The molecule has 2 N–H and O–H groups in total. The Morgan fingerprint density at radius 1 is 1.44 bits per heavy atom. The zero-order valence-electron chi connectivity index (χ0n) is 9.89. The van der Waals surface area contributed by atoms with Crippen LogP contribution in [0.3, 0.4) is 0 Å². The number of aliphatic carboxylic acids is 1. The third-order valence-corrected chi connectivity index (χ3v) is 2.32. The molecule has 0 saturated heterocycles. The molecule has 4 nitrogen and oxygen atoms in total. The van der Waals surface area contributed by atoms with E-state index in [4.69, 9.17) is 5.11 Å². The van der Waals surface area contributed by atoms with E-state index < -0.39 is 23.6 Å². The molecule has 5 heteroatoms. The van der Waals surface area contributed by atoms with Crippen molar-refractivity contribution in [2.24, 2.45) is 5.92 Å². The van der Waals surface area contributed by atoms with E-state index in [1.807, 2.05) is 0 Å². The quantitative estimate of drug-likeness (QED) is 0.782. The highest BCUT2D eigenvalue weighted by molar-refractivity contribution is 5.91. The molecule has 0 spiro atoms. The first-order valence-corrected chi connectivity index (χ1v) is 5.44. The van der Waals surface area contributed by atoms with Gasteiger partial charge in [0.2, 0.25) is 5.91 Å². The van der Waals surface area contributed by atoms with Gasteiger partial charge in [-0.15, -0.1) is 0 Å². The van der Waals surface area contributed by atoms with Gasteiger partial charge in [-0.1, -0.05) is 25.1 Å². The van der Waals surface area contributed by atoms with Crippen LogP contribution in [-0.4, -0.2) is 23.5 Å². The van der Waals surface area contributed by atoms with Gasteiger partial charge in [-0.3, -0.25) is 9.59 Å². The van der Waals surface area contributed by atoms with Gasteiger partial charge in [0, 0.05) is 18.2 Å². The molecule has 0 radical (unpaired) electrons. The van der Waals surface area contributed by atoms with Crippen LogP contribution >= 0.6 is 0 Å². The number of benzene rings is 1. The summed E-state index contributed by atoms with van der Waals surface area (Å²) in [5, 5.41) is 11.0. The standard InChI is InChI=1S/C13H14FNO3/c1-9(13(17)18)8-15-12(16)7-6-10-4-2-3-5-11(10)14/h2-7,9H,8H2,1H3,(H,15,16)(H,17,18). The molecule has 0 saturated carbocycles. The number of carbonyl (C=O) groups excluding carboxylic acids is 1. The SMILES string of the molecule is CC(CNC(=O)C=Cc1ccccc1F)C(=O)O. The largest absolute Gasteiger partial charge is 0.481 e. The van der Waals surface area contributed by atoms with E-state index in [1.165, 1.54) is 25.1 Å². The summed E-state index contributed by atoms with van der Waals surface area (Å²) in [5.41, 5.74) is 0.305. The van der Waals surface area contributed by atoms with Crippen molar-refractivity contribution in [3.8, 4) is 0 Å². The minimum Gasteiger partial charge on any atom is -0.481 e. The van der Waals surface area contributed by atoms with Gasteiger partial charge in [0.1, 0.15) is 5.82 Å². The lowest BCUT2D eigenvalue weighted by Crippen LogP contribution is -2.30. The van der Waals surface area contributed by atoms with Crippen LogP contribution in [0.15, 0.2) is 30.3 Å². The van der Waals surface area contributed by atoms with Crippen LogP contribution in [0.4, 0.5) is 4.39 Å². The highest BCUT2D eigenvalue weighted by Gasteiger charge is 2.10. The zero-order chi connectivity index (χ0) is 13.5. The first-order valence-electron chi connectivity index (χ1n) is 5.44. The molecule has 18 heavy (non-hydrogen) atoms. The minimum absolute atomic E-state index is 0.0375. The molecule has 0 aliphatic rings. The fourth-order valence-corrected chi connectivity index (χ4v) is 1.18. The summed E-state index contributed by atoms with van der Waals surface area (Å²) in [6.45, 7) is 1.53. The molecule has 0 aliphatic heterocycles. The Morgan fingerprint density at radius 2 is 2.11 bits per heavy atom. The molecule has 0 bridgehead atoms. The molecule has 1 aromatic rings. The van der Waals surface area contributed by atoms with E-state index in [9.17, 15) is 14.0 Å². The first-order chi connectivity index (χ1) is 8.50. The highest BCUT2D eigenvalue weighted by Crippen LogP contribution is 2.07. The van der Waals surface area contributed by atoms with E-state index in [-0.39, 0.29) is 6.54 Å². The molecular weight excluding hydrogens is 237 g/mol. The summed E-state index contributed by atoms with van der Waals surface area (Å²) >= 11 is 0. The molecule has 0 aromatic heterocycles. The number of hydrogen-bond acceptors (Lipinski definition) is 2. The van der Waals surface area contributed by atoms with Crippen molar-refractivity contribution >= 4 is 18.0 Å². The van der Waals surface area contributed by atoms with Crippen LogP contribution < -0.4 is 5.32 Å². The molecule has 96 valence electrons. The van der Waals surface area contributed by atoms with Crippen molar-refractivity contribution in [3.63, 3.8) is 0 Å². The fourth-order valence-electron chi connectivity index (χ4n) is 1.18. The van der Waals surface area contributed by atoms with Gasteiger partial charge < -0.3 is 10.4 Å². The van der Waals surface area contributed by atoms with Gasteiger partial charge in [0.15, 0.2) is 0 Å². The lowest BCUT2D eigenvalue weighted by atomic mass is 10.2. The van der Waals surface area contributed by atoms with Crippen LogP contribution in [0, 0.1) is 11.7 Å². The fraction of sp³-hybridized carbons (Fsp3) is 0.231. The highest BCUT2D eigenvalue weighted by atomic mass is 19.1. The maximum atomic E-state index is 13.2. The molecule has 1 aromatic carbocycles. The maximum absolute atomic E-state index is 13.2. The molecule has 1 unspecified atom stereocenters. The van der Waals surface area contributed by atoms with E-state index in [0.29, 0.717) is 5.56 Å². The van der Waals surface area contributed by atoms with E-state index in [2.05, 4.69) is 5.32 Å². The summed E-state index contributed by atoms with van der Waals surface area (Å²) < 4.78 is 13.2. The molecule has 0 heterocycles. The average molecular weight is 251 g/mol. The van der Waals surface area contributed by atoms with E-state index >= 15 is 0 Å². The Balaban J connectivity index is 2.50. The zero-order valence-corrected chi connectivity index (χ0v) is 9.89. The number of carboxylic acid groups (broad SMARTS) is 1. The molecule has 1 atom stereocenters. The van der Waals surface area contributed by atoms with Crippen molar-refractivity contribution < 1.29 is 19.1 Å². The van der Waals surface area contributed by atoms with Gasteiger partial charge in [-0.25, -0.2) is 4.39 Å². The van der Waals surface area contributed by atoms with Gasteiger partial charge in [-0.05, 0) is 12.1 Å². The van der Waals surface area contributed by atoms with Crippen LogP contribution in [-0.2, 0) is 9.59 Å². The summed E-state index contributed by atoms with van der Waals surface area (Å²) in [6.07, 6.45) is 2.52. The van der Waals surface area contributed by atoms with Crippen molar-refractivity contribution in [2.75, 3.05) is 6.54 Å². The smallest absolute Gasteiger partial charge is 0.308 e. The molecule has 1 rings (SSSR count). The Kier molecular flexibility index (Phi) is 5.05. The van der Waals surface area contributed by atoms with Gasteiger partial charge in [-0.2, -0.15) is 0 Å². The first kappa shape index (κ1) is 13.9. The normalized spacial score (nSPS) is 12.3. The van der Waals surface area contributed by atoms with Crippen LogP contribution in [0.2, 0.25) is 0 Å². The van der Waals surface area contributed by atoms with Crippen LogP contribution in [0.5, 0.6) is 0 Å². The number of carbonyl (C=O) groups is 2. The average Bonchev–Trinajstić information content (AvgIpc) is 2.34. The van der Waals surface area contributed by atoms with Gasteiger partial charge >= 0.3 is 5.97 Å². The topological polar surface area (TPSA) is 66.4 Å². The molecule has 1 amide bonds. The summed E-state index contributed by atoms with van der Waals surface area (Å²) in [4.78, 5) is 21.9. The van der Waals surface area contributed by atoms with Crippen LogP contribution in [0.1, 0.15) is 12.5 Å². The van der Waals surface area contributed by atoms with Crippen LogP contribution in [0.25, 0.3) is 6.08 Å². The lowest BCUT2D eigenvalue weighted by Gasteiger charge is -2.05. The lowest BCUT2D eigenvalue weighted by molar-refractivity contribution is -0.141. The Hall–Kier alpha value is -2.17. The number of carboxylic acids is 1. The minimum atomic E-state index is -0.978. The summed E-state index contributed by atoms with van der Waals surface area (Å²) in [7, 11) is 0. The molecular formula is C13H14FNO3. The third-order valence-electron chi connectivity index (χ3n) is 2.32. The number of nitrogens with one attached hydrogen (secondary N) is 1.